The van der Waals surface area contributed by atoms with Crippen LogP contribution in [-0.4, -0.2) is 35.8 Å². The van der Waals surface area contributed by atoms with Gasteiger partial charge in [-0.3, -0.25) is 9.59 Å². The van der Waals surface area contributed by atoms with Crippen LogP contribution in [-0.2, 0) is 16.0 Å². The normalized spacial score (nSPS) is 18.1. The third-order valence-corrected chi connectivity index (χ3v) is 4.42. The fourth-order valence-electron chi connectivity index (χ4n) is 2.87. The predicted molar refractivity (Wildman–Crippen MR) is 87.8 cm³/mol. The van der Waals surface area contributed by atoms with Gasteiger partial charge < -0.3 is 10.2 Å². The number of carbonyl (C=O) groups is 2. The second-order valence-corrected chi connectivity index (χ2v) is 6.13. The van der Waals surface area contributed by atoms with Crippen LogP contribution in [0.25, 0.3) is 0 Å². The van der Waals surface area contributed by atoms with E-state index in [1.807, 2.05) is 24.3 Å². The number of hydrogen-bond donors (Lipinski definition) is 1. The number of halogens is 1. The summed E-state index contributed by atoms with van der Waals surface area (Å²) in [6.07, 6.45) is 4.72. The first-order valence-corrected chi connectivity index (χ1v) is 8.33. The Labute approximate surface area is 136 Å². The van der Waals surface area contributed by atoms with Crippen LogP contribution in [0.15, 0.2) is 24.3 Å². The zero-order chi connectivity index (χ0) is 15.9. The van der Waals surface area contributed by atoms with E-state index in [4.69, 9.17) is 11.6 Å². The lowest BCUT2D eigenvalue weighted by Gasteiger charge is -2.34. The summed E-state index contributed by atoms with van der Waals surface area (Å²) >= 11 is 5.83. The van der Waals surface area contributed by atoms with E-state index in [9.17, 15) is 9.59 Å². The summed E-state index contributed by atoms with van der Waals surface area (Å²) in [6, 6.07) is 7.71. The van der Waals surface area contributed by atoms with Gasteiger partial charge in [0.05, 0.1) is 0 Å². The Morgan fingerprint density at radius 1 is 1.27 bits per heavy atom. The molecule has 0 radical (unpaired) electrons. The molecule has 0 aromatic heterocycles. The number of amides is 2. The van der Waals surface area contributed by atoms with Crippen molar-refractivity contribution in [3.8, 4) is 0 Å². The second kappa shape index (κ2) is 8.18. The lowest BCUT2D eigenvalue weighted by atomic mass is 10.00. The van der Waals surface area contributed by atoms with Gasteiger partial charge >= 0.3 is 11.8 Å². The quantitative estimate of drug-likeness (QED) is 0.867. The molecule has 0 aliphatic carbocycles. The molecule has 1 aromatic carbocycles. The Morgan fingerprint density at radius 3 is 2.68 bits per heavy atom. The predicted octanol–water partition coefficient (Wildman–Crippen LogP) is 2.79. The molecule has 2 amide bonds. The lowest BCUT2D eigenvalue weighted by molar-refractivity contribution is -0.148. The van der Waals surface area contributed by atoms with Gasteiger partial charge in [0.15, 0.2) is 0 Å². The van der Waals surface area contributed by atoms with Gasteiger partial charge in [-0.1, -0.05) is 30.7 Å². The van der Waals surface area contributed by atoms with Gasteiger partial charge in [0.2, 0.25) is 0 Å². The first-order valence-electron chi connectivity index (χ1n) is 7.95. The standard InChI is InChI=1S/C17H23ClN2O2/c1-2-15-5-3-4-12-20(15)17(22)16(21)19-11-10-13-6-8-14(18)9-7-13/h6-9,15H,2-5,10-12H2,1H3,(H,19,21). The fraction of sp³-hybridized carbons (Fsp3) is 0.529. The Bertz CT molecular complexity index is 516. The largest absolute Gasteiger partial charge is 0.347 e. The molecule has 1 heterocycles. The molecule has 5 heteroatoms. The van der Waals surface area contributed by atoms with E-state index in [-0.39, 0.29) is 11.9 Å². The summed E-state index contributed by atoms with van der Waals surface area (Å²) < 4.78 is 0. The van der Waals surface area contributed by atoms with Crippen molar-refractivity contribution >= 4 is 23.4 Å². The average molecular weight is 323 g/mol. The highest BCUT2D eigenvalue weighted by Crippen LogP contribution is 2.19. The minimum atomic E-state index is -0.491. The number of piperidine rings is 1. The highest BCUT2D eigenvalue weighted by molar-refractivity contribution is 6.35. The number of carbonyl (C=O) groups excluding carboxylic acids is 2. The molecule has 0 spiro atoms. The zero-order valence-corrected chi connectivity index (χ0v) is 13.7. The molecule has 1 aliphatic rings. The molecule has 4 nitrogen and oxygen atoms in total. The molecular weight excluding hydrogens is 300 g/mol. The van der Waals surface area contributed by atoms with Gasteiger partial charge in [0, 0.05) is 24.2 Å². The van der Waals surface area contributed by atoms with Crippen LogP contribution >= 0.6 is 11.6 Å². The third kappa shape index (κ3) is 4.47. The summed E-state index contributed by atoms with van der Waals surface area (Å²) in [5.74, 6) is -0.878. The van der Waals surface area contributed by atoms with Crippen LogP contribution in [0.3, 0.4) is 0 Å². The Balaban J connectivity index is 1.81. The van der Waals surface area contributed by atoms with Crippen LogP contribution < -0.4 is 5.32 Å². The minimum absolute atomic E-state index is 0.211. The number of rotatable bonds is 4. The molecule has 1 atom stereocenters. The number of nitrogens with one attached hydrogen (secondary N) is 1. The maximum atomic E-state index is 12.3. The van der Waals surface area contributed by atoms with Crippen LogP contribution in [0.2, 0.25) is 5.02 Å². The molecule has 0 bridgehead atoms. The van der Waals surface area contributed by atoms with Crippen molar-refractivity contribution < 1.29 is 9.59 Å². The molecular formula is C17H23ClN2O2. The minimum Gasteiger partial charge on any atom is -0.347 e. The molecule has 1 N–H and O–H groups in total. The van der Waals surface area contributed by atoms with E-state index >= 15 is 0 Å². The van der Waals surface area contributed by atoms with E-state index in [0.29, 0.717) is 24.5 Å². The topological polar surface area (TPSA) is 49.4 Å². The highest BCUT2D eigenvalue weighted by atomic mass is 35.5. The van der Waals surface area contributed by atoms with Gasteiger partial charge in [-0.2, -0.15) is 0 Å². The molecule has 0 saturated carbocycles. The number of benzene rings is 1. The van der Waals surface area contributed by atoms with Gasteiger partial charge in [-0.25, -0.2) is 0 Å². The average Bonchev–Trinajstić information content (AvgIpc) is 2.55. The molecule has 1 unspecified atom stereocenters. The summed E-state index contributed by atoms with van der Waals surface area (Å²) in [5, 5.41) is 3.42. The first-order chi connectivity index (χ1) is 10.6. The Hall–Kier alpha value is -1.55. The van der Waals surface area contributed by atoms with Crippen molar-refractivity contribution in [3.05, 3.63) is 34.9 Å². The van der Waals surface area contributed by atoms with Crippen LogP contribution in [0, 0.1) is 0 Å². The Kier molecular flexibility index (Phi) is 6.25. The van der Waals surface area contributed by atoms with E-state index in [1.165, 1.54) is 0 Å². The molecule has 22 heavy (non-hydrogen) atoms. The fourth-order valence-corrected chi connectivity index (χ4v) is 3.00. The maximum absolute atomic E-state index is 12.3. The summed E-state index contributed by atoms with van der Waals surface area (Å²) in [7, 11) is 0. The zero-order valence-electron chi connectivity index (χ0n) is 13.0. The number of hydrogen-bond acceptors (Lipinski definition) is 2. The summed E-state index contributed by atoms with van der Waals surface area (Å²) in [6.45, 7) is 3.22. The third-order valence-electron chi connectivity index (χ3n) is 4.17. The van der Waals surface area contributed by atoms with Gasteiger partial charge in [-0.05, 0) is 49.8 Å². The van der Waals surface area contributed by atoms with Crippen molar-refractivity contribution in [1.82, 2.24) is 10.2 Å². The molecule has 1 saturated heterocycles. The summed E-state index contributed by atoms with van der Waals surface area (Å²) in [5.41, 5.74) is 1.08. The molecule has 1 aliphatic heterocycles. The van der Waals surface area contributed by atoms with E-state index in [0.717, 1.165) is 31.2 Å². The van der Waals surface area contributed by atoms with Crippen LogP contribution in [0.1, 0.15) is 38.2 Å². The molecule has 1 fully saturated rings. The lowest BCUT2D eigenvalue weighted by Crippen LogP contribution is -2.50. The van der Waals surface area contributed by atoms with Gasteiger partial charge in [-0.15, -0.1) is 0 Å². The van der Waals surface area contributed by atoms with Gasteiger partial charge in [0.25, 0.3) is 0 Å². The summed E-state index contributed by atoms with van der Waals surface area (Å²) in [4.78, 5) is 26.0. The van der Waals surface area contributed by atoms with Crippen LogP contribution in [0.4, 0.5) is 0 Å². The number of likely N-dealkylation sites (tertiary alicyclic amines) is 1. The monoisotopic (exact) mass is 322 g/mol. The van der Waals surface area contributed by atoms with Crippen molar-refractivity contribution in [3.63, 3.8) is 0 Å². The van der Waals surface area contributed by atoms with Crippen molar-refractivity contribution in [2.45, 2.75) is 45.1 Å². The molecule has 2 rings (SSSR count). The van der Waals surface area contributed by atoms with Crippen molar-refractivity contribution in [2.24, 2.45) is 0 Å². The van der Waals surface area contributed by atoms with Gasteiger partial charge in [0.1, 0.15) is 0 Å². The molecule has 120 valence electrons. The first kappa shape index (κ1) is 16.8. The maximum Gasteiger partial charge on any atom is 0.312 e. The Morgan fingerprint density at radius 2 is 2.00 bits per heavy atom. The van der Waals surface area contributed by atoms with Crippen LogP contribution in [0.5, 0.6) is 0 Å². The van der Waals surface area contributed by atoms with Crippen molar-refractivity contribution in [2.75, 3.05) is 13.1 Å². The smallest absolute Gasteiger partial charge is 0.312 e. The number of nitrogens with zero attached hydrogens (tertiary/aromatic N) is 1. The van der Waals surface area contributed by atoms with E-state index < -0.39 is 5.91 Å². The van der Waals surface area contributed by atoms with Crippen molar-refractivity contribution in [1.29, 1.82) is 0 Å². The van der Waals surface area contributed by atoms with E-state index in [2.05, 4.69) is 12.2 Å². The highest BCUT2D eigenvalue weighted by Gasteiger charge is 2.29. The van der Waals surface area contributed by atoms with E-state index in [1.54, 1.807) is 4.90 Å². The molecule has 1 aromatic rings. The second-order valence-electron chi connectivity index (χ2n) is 5.69. The SMILES string of the molecule is CCC1CCCCN1C(=O)C(=O)NCCc1ccc(Cl)cc1.